The van der Waals surface area contributed by atoms with Crippen molar-refractivity contribution in [1.82, 2.24) is 5.32 Å². The summed E-state index contributed by atoms with van der Waals surface area (Å²) in [7, 11) is -0.912. The fourth-order valence-electron chi connectivity index (χ4n) is 1.86. The summed E-state index contributed by atoms with van der Waals surface area (Å²) in [4.78, 5) is 0.860. The standard InChI is InChI=1S/C15H19NO2S/c1-11-4-9-15(18-11)12(2)16-10-13-5-7-14(8-6-13)19(3)17/h4-9,12,16H,10H2,1-3H3/t12-,19-/m0/s1. The molecule has 2 rings (SSSR count). The van der Waals surface area contributed by atoms with Gasteiger partial charge in [0.05, 0.1) is 6.04 Å². The normalized spacial score (nSPS) is 14.3. The molecule has 1 aromatic heterocycles. The Labute approximate surface area is 116 Å². The second kappa shape index (κ2) is 6.17. The van der Waals surface area contributed by atoms with Gasteiger partial charge in [0, 0.05) is 28.5 Å². The van der Waals surface area contributed by atoms with E-state index < -0.39 is 10.8 Å². The van der Waals surface area contributed by atoms with Crippen LogP contribution in [0.15, 0.2) is 45.7 Å². The molecule has 0 aliphatic rings. The molecule has 0 spiro atoms. The third-order valence-electron chi connectivity index (χ3n) is 3.06. The van der Waals surface area contributed by atoms with Crippen LogP contribution in [0.4, 0.5) is 0 Å². The van der Waals surface area contributed by atoms with Gasteiger partial charge in [-0.25, -0.2) is 0 Å². The van der Waals surface area contributed by atoms with Crippen LogP contribution in [0.5, 0.6) is 0 Å². The minimum absolute atomic E-state index is 0.175. The van der Waals surface area contributed by atoms with Crippen molar-refractivity contribution in [3.63, 3.8) is 0 Å². The summed E-state index contributed by atoms with van der Waals surface area (Å²) < 4.78 is 16.9. The lowest BCUT2D eigenvalue weighted by Gasteiger charge is -2.11. The highest BCUT2D eigenvalue weighted by atomic mass is 32.2. The molecule has 3 nitrogen and oxygen atoms in total. The van der Waals surface area contributed by atoms with E-state index in [-0.39, 0.29) is 6.04 Å². The zero-order valence-electron chi connectivity index (χ0n) is 11.5. The van der Waals surface area contributed by atoms with Gasteiger partial charge in [-0.2, -0.15) is 0 Å². The van der Waals surface area contributed by atoms with Gasteiger partial charge in [0.2, 0.25) is 0 Å². The van der Waals surface area contributed by atoms with Crippen LogP contribution in [0.25, 0.3) is 0 Å². The Morgan fingerprint density at radius 3 is 2.42 bits per heavy atom. The zero-order valence-corrected chi connectivity index (χ0v) is 12.3. The number of aryl methyl sites for hydroxylation is 1. The monoisotopic (exact) mass is 277 g/mol. The van der Waals surface area contributed by atoms with Gasteiger partial charge >= 0.3 is 0 Å². The van der Waals surface area contributed by atoms with Gasteiger partial charge in [-0.15, -0.1) is 0 Å². The molecule has 0 saturated heterocycles. The molecule has 0 amide bonds. The average Bonchev–Trinajstić information content (AvgIpc) is 2.83. The van der Waals surface area contributed by atoms with Crippen molar-refractivity contribution < 1.29 is 8.63 Å². The highest BCUT2D eigenvalue weighted by Crippen LogP contribution is 2.16. The molecule has 2 aromatic rings. The Bertz CT molecular complexity index is 560. The summed E-state index contributed by atoms with van der Waals surface area (Å²) in [6.45, 7) is 4.78. The molecule has 0 fully saturated rings. The Balaban J connectivity index is 1.93. The van der Waals surface area contributed by atoms with E-state index in [2.05, 4.69) is 12.2 Å². The maximum Gasteiger partial charge on any atom is 0.120 e. The molecule has 19 heavy (non-hydrogen) atoms. The molecule has 0 aliphatic carbocycles. The molecular formula is C15H19NO2S. The van der Waals surface area contributed by atoms with E-state index in [1.165, 1.54) is 5.56 Å². The van der Waals surface area contributed by atoms with E-state index >= 15 is 0 Å². The second-order valence-corrected chi connectivity index (χ2v) is 6.03. The van der Waals surface area contributed by atoms with Crippen LogP contribution in [0.1, 0.15) is 30.0 Å². The van der Waals surface area contributed by atoms with Crippen LogP contribution in [0.2, 0.25) is 0 Å². The van der Waals surface area contributed by atoms with Gasteiger partial charge in [-0.05, 0) is 43.7 Å². The van der Waals surface area contributed by atoms with Crippen molar-refractivity contribution in [1.29, 1.82) is 0 Å². The van der Waals surface area contributed by atoms with E-state index in [1.807, 2.05) is 43.3 Å². The molecule has 1 aromatic carbocycles. The highest BCUT2D eigenvalue weighted by molar-refractivity contribution is 7.84. The Hall–Kier alpha value is -1.39. The van der Waals surface area contributed by atoms with Crippen molar-refractivity contribution in [2.75, 3.05) is 6.26 Å². The molecule has 0 saturated carbocycles. The fraction of sp³-hybridized carbons (Fsp3) is 0.333. The SMILES string of the molecule is Cc1ccc([C@H](C)NCc2ccc([S@](C)=O)cc2)o1. The van der Waals surface area contributed by atoms with Crippen molar-refractivity contribution in [3.05, 3.63) is 53.5 Å². The summed E-state index contributed by atoms with van der Waals surface area (Å²) in [5.74, 6) is 1.88. The lowest BCUT2D eigenvalue weighted by atomic mass is 10.2. The minimum Gasteiger partial charge on any atom is -0.465 e. The van der Waals surface area contributed by atoms with Crippen molar-refractivity contribution >= 4 is 10.8 Å². The van der Waals surface area contributed by atoms with Crippen molar-refractivity contribution in [2.45, 2.75) is 31.3 Å². The first kappa shape index (κ1) is 14.0. The fourth-order valence-corrected chi connectivity index (χ4v) is 2.38. The minimum atomic E-state index is -0.912. The molecule has 0 radical (unpaired) electrons. The lowest BCUT2D eigenvalue weighted by Crippen LogP contribution is -2.17. The molecule has 4 heteroatoms. The van der Waals surface area contributed by atoms with E-state index in [0.29, 0.717) is 0 Å². The Morgan fingerprint density at radius 1 is 1.21 bits per heavy atom. The molecule has 2 atom stereocenters. The lowest BCUT2D eigenvalue weighted by molar-refractivity contribution is 0.416. The molecule has 0 unspecified atom stereocenters. The van der Waals surface area contributed by atoms with Gasteiger partial charge in [0.1, 0.15) is 11.5 Å². The predicted molar refractivity (Wildman–Crippen MR) is 77.5 cm³/mol. The number of furan rings is 1. The van der Waals surface area contributed by atoms with Crippen LogP contribution in [-0.4, -0.2) is 10.5 Å². The average molecular weight is 277 g/mol. The molecule has 1 heterocycles. The van der Waals surface area contributed by atoms with Gasteiger partial charge in [-0.1, -0.05) is 12.1 Å². The highest BCUT2D eigenvalue weighted by Gasteiger charge is 2.08. The van der Waals surface area contributed by atoms with E-state index in [9.17, 15) is 4.21 Å². The molecule has 0 aliphatic heterocycles. The van der Waals surface area contributed by atoms with Crippen LogP contribution < -0.4 is 5.32 Å². The molecule has 1 N–H and O–H groups in total. The molecule has 0 bridgehead atoms. The summed E-state index contributed by atoms with van der Waals surface area (Å²) in [6.07, 6.45) is 1.69. The number of benzene rings is 1. The maximum absolute atomic E-state index is 11.3. The molecular weight excluding hydrogens is 258 g/mol. The number of hydrogen-bond donors (Lipinski definition) is 1. The number of hydrogen-bond acceptors (Lipinski definition) is 3. The van der Waals surface area contributed by atoms with Crippen LogP contribution in [0, 0.1) is 6.92 Å². The Morgan fingerprint density at radius 2 is 1.89 bits per heavy atom. The van der Waals surface area contributed by atoms with Crippen LogP contribution >= 0.6 is 0 Å². The summed E-state index contributed by atoms with van der Waals surface area (Å²) >= 11 is 0. The second-order valence-electron chi connectivity index (χ2n) is 4.65. The number of rotatable bonds is 5. The topological polar surface area (TPSA) is 42.2 Å². The van der Waals surface area contributed by atoms with Crippen LogP contribution in [0.3, 0.4) is 0 Å². The van der Waals surface area contributed by atoms with E-state index in [4.69, 9.17) is 4.42 Å². The summed E-state index contributed by atoms with van der Waals surface area (Å²) in [5.41, 5.74) is 1.17. The largest absolute Gasteiger partial charge is 0.465 e. The third-order valence-corrected chi connectivity index (χ3v) is 3.99. The first-order valence-electron chi connectivity index (χ1n) is 6.28. The smallest absolute Gasteiger partial charge is 0.120 e. The third kappa shape index (κ3) is 3.78. The summed E-state index contributed by atoms with van der Waals surface area (Å²) in [6, 6.07) is 12.0. The van der Waals surface area contributed by atoms with Crippen molar-refractivity contribution in [2.24, 2.45) is 0 Å². The first-order valence-corrected chi connectivity index (χ1v) is 7.84. The van der Waals surface area contributed by atoms with Gasteiger partial charge in [0.15, 0.2) is 0 Å². The predicted octanol–water partition coefficient (Wildman–Crippen LogP) is 3.18. The van der Waals surface area contributed by atoms with Crippen molar-refractivity contribution in [3.8, 4) is 0 Å². The quantitative estimate of drug-likeness (QED) is 0.912. The van der Waals surface area contributed by atoms with E-state index in [0.717, 1.165) is 23.0 Å². The zero-order chi connectivity index (χ0) is 13.8. The van der Waals surface area contributed by atoms with E-state index in [1.54, 1.807) is 6.26 Å². The van der Waals surface area contributed by atoms with Gasteiger partial charge in [0.25, 0.3) is 0 Å². The first-order chi connectivity index (χ1) is 9.06. The summed E-state index contributed by atoms with van der Waals surface area (Å²) in [5, 5.41) is 3.41. The maximum atomic E-state index is 11.3. The van der Waals surface area contributed by atoms with Crippen LogP contribution in [-0.2, 0) is 17.3 Å². The number of nitrogens with one attached hydrogen (secondary N) is 1. The Kier molecular flexibility index (Phi) is 4.56. The molecule has 102 valence electrons. The van der Waals surface area contributed by atoms with Gasteiger partial charge in [-0.3, -0.25) is 4.21 Å². The van der Waals surface area contributed by atoms with Gasteiger partial charge < -0.3 is 9.73 Å².